The van der Waals surface area contributed by atoms with Gasteiger partial charge in [-0.05, 0) is 37.5 Å². The third-order valence-corrected chi connectivity index (χ3v) is 4.79. The van der Waals surface area contributed by atoms with Crippen LogP contribution in [-0.4, -0.2) is 28.8 Å². The topological polar surface area (TPSA) is 49.4 Å². The number of carbonyl (C=O) groups is 2. The summed E-state index contributed by atoms with van der Waals surface area (Å²) in [6.07, 6.45) is 4.34. The molecule has 2 aliphatic rings. The average Bonchev–Trinajstić information content (AvgIpc) is 3.04. The second-order valence-electron chi connectivity index (χ2n) is 5.91. The number of amides is 2. The molecule has 0 radical (unpaired) electrons. The summed E-state index contributed by atoms with van der Waals surface area (Å²) >= 11 is 6.09. The maximum absolute atomic E-state index is 12.5. The minimum atomic E-state index is -0.461. The molecule has 1 atom stereocenters. The summed E-state index contributed by atoms with van der Waals surface area (Å²) < 4.78 is 0. The van der Waals surface area contributed by atoms with Crippen molar-refractivity contribution >= 4 is 29.1 Å². The van der Waals surface area contributed by atoms with E-state index >= 15 is 0 Å². The fraction of sp³-hybridized carbons (Fsp3) is 0.500. The lowest BCUT2D eigenvalue weighted by atomic mass is 10.2. The van der Waals surface area contributed by atoms with Crippen molar-refractivity contribution in [1.29, 1.82) is 0 Å². The first-order chi connectivity index (χ1) is 10.1. The number of hydrogen-bond acceptors (Lipinski definition) is 3. The van der Waals surface area contributed by atoms with Gasteiger partial charge in [-0.2, -0.15) is 0 Å². The van der Waals surface area contributed by atoms with Crippen LogP contribution < -0.4 is 5.32 Å². The molecule has 1 heterocycles. The fourth-order valence-corrected chi connectivity index (χ4v) is 3.37. The molecule has 2 fully saturated rings. The molecule has 0 aromatic heterocycles. The Balaban J connectivity index is 1.73. The van der Waals surface area contributed by atoms with Gasteiger partial charge in [-0.15, -0.1) is 0 Å². The van der Waals surface area contributed by atoms with E-state index in [1.54, 1.807) is 6.07 Å². The quantitative estimate of drug-likeness (QED) is 0.873. The average molecular weight is 307 g/mol. The SMILES string of the molecule is Cc1ccc(NC2CC(=O)N(C3CCCC3)C2=O)cc1Cl. The Morgan fingerprint density at radius 1 is 1.24 bits per heavy atom. The number of nitrogens with zero attached hydrogens (tertiary/aromatic N) is 1. The van der Waals surface area contributed by atoms with Crippen LogP contribution in [0, 0.1) is 6.92 Å². The first-order valence-corrected chi connectivity index (χ1v) is 7.82. The maximum Gasteiger partial charge on any atom is 0.252 e. The molecule has 1 saturated carbocycles. The second-order valence-corrected chi connectivity index (χ2v) is 6.31. The minimum absolute atomic E-state index is 0.0531. The summed E-state index contributed by atoms with van der Waals surface area (Å²) in [6, 6.07) is 5.24. The van der Waals surface area contributed by atoms with Crippen LogP contribution in [0.15, 0.2) is 18.2 Å². The van der Waals surface area contributed by atoms with Crippen molar-refractivity contribution in [2.45, 2.75) is 51.1 Å². The Labute approximate surface area is 129 Å². The van der Waals surface area contributed by atoms with E-state index in [-0.39, 0.29) is 24.3 Å². The molecular weight excluding hydrogens is 288 g/mol. The van der Waals surface area contributed by atoms with Crippen LogP contribution in [0.4, 0.5) is 5.69 Å². The van der Waals surface area contributed by atoms with E-state index in [2.05, 4.69) is 5.32 Å². The first kappa shape index (κ1) is 14.4. The Bertz CT molecular complexity index is 582. The zero-order valence-electron chi connectivity index (χ0n) is 12.1. The van der Waals surface area contributed by atoms with Crippen LogP contribution in [0.25, 0.3) is 0 Å². The predicted octanol–water partition coefficient (Wildman–Crippen LogP) is 3.13. The van der Waals surface area contributed by atoms with Gasteiger partial charge in [0, 0.05) is 16.8 Å². The van der Waals surface area contributed by atoms with Crippen molar-refractivity contribution in [2.24, 2.45) is 0 Å². The number of likely N-dealkylation sites (tertiary alicyclic amines) is 1. The number of anilines is 1. The molecule has 1 aliphatic heterocycles. The molecule has 3 rings (SSSR count). The van der Waals surface area contributed by atoms with Crippen LogP contribution in [0.5, 0.6) is 0 Å². The number of hydrogen-bond donors (Lipinski definition) is 1. The monoisotopic (exact) mass is 306 g/mol. The summed E-state index contributed by atoms with van der Waals surface area (Å²) in [6.45, 7) is 1.93. The summed E-state index contributed by atoms with van der Waals surface area (Å²) in [5, 5.41) is 3.80. The zero-order chi connectivity index (χ0) is 15.0. The number of rotatable bonds is 3. The molecule has 1 N–H and O–H groups in total. The van der Waals surface area contributed by atoms with Gasteiger partial charge < -0.3 is 5.32 Å². The van der Waals surface area contributed by atoms with Crippen molar-refractivity contribution in [2.75, 3.05) is 5.32 Å². The Morgan fingerprint density at radius 3 is 2.62 bits per heavy atom. The number of nitrogens with one attached hydrogen (secondary N) is 1. The number of imide groups is 1. The van der Waals surface area contributed by atoms with Crippen molar-refractivity contribution in [3.05, 3.63) is 28.8 Å². The lowest BCUT2D eigenvalue weighted by Crippen LogP contribution is -2.40. The molecule has 0 bridgehead atoms. The van der Waals surface area contributed by atoms with Gasteiger partial charge in [0.2, 0.25) is 5.91 Å². The summed E-state index contributed by atoms with van der Waals surface area (Å²) in [7, 11) is 0. The van der Waals surface area contributed by atoms with Crippen molar-refractivity contribution in [1.82, 2.24) is 4.90 Å². The number of aryl methyl sites for hydroxylation is 1. The molecule has 1 aliphatic carbocycles. The maximum atomic E-state index is 12.5. The van der Waals surface area contributed by atoms with Crippen molar-refractivity contribution < 1.29 is 9.59 Å². The molecule has 5 heteroatoms. The van der Waals surface area contributed by atoms with Gasteiger partial charge in [-0.25, -0.2) is 0 Å². The number of benzene rings is 1. The van der Waals surface area contributed by atoms with Gasteiger partial charge in [0.1, 0.15) is 6.04 Å². The van der Waals surface area contributed by atoms with E-state index < -0.39 is 6.04 Å². The van der Waals surface area contributed by atoms with Crippen LogP contribution in [0.3, 0.4) is 0 Å². The molecule has 1 saturated heterocycles. The second kappa shape index (κ2) is 5.68. The third-order valence-electron chi connectivity index (χ3n) is 4.39. The standard InChI is InChI=1S/C16H19ClN2O2/c1-10-6-7-11(8-13(10)17)18-14-9-15(20)19(16(14)21)12-4-2-3-5-12/h6-8,12,14,18H,2-5,9H2,1H3. The highest BCUT2D eigenvalue weighted by atomic mass is 35.5. The highest BCUT2D eigenvalue weighted by Crippen LogP contribution is 2.29. The molecule has 2 amide bonds. The van der Waals surface area contributed by atoms with Gasteiger partial charge in [-0.3, -0.25) is 14.5 Å². The first-order valence-electron chi connectivity index (χ1n) is 7.45. The van der Waals surface area contributed by atoms with Gasteiger partial charge in [0.15, 0.2) is 0 Å². The summed E-state index contributed by atoms with van der Waals surface area (Å²) in [5.41, 5.74) is 1.77. The summed E-state index contributed by atoms with van der Waals surface area (Å²) in [4.78, 5) is 26.1. The van der Waals surface area contributed by atoms with Gasteiger partial charge in [-0.1, -0.05) is 30.5 Å². The highest BCUT2D eigenvalue weighted by Gasteiger charge is 2.42. The van der Waals surface area contributed by atoms with Crippen LogP contribution in [0.2, 0.25) is 5.02 Å². The molecule has 112 valence electrons. The van der Waals surface area contributed by atoms with E-state index in [9.17, 15) is 9.59 Å². The smallest absolute Gasteiger partial charge is 0.252 e. The number of carbonyl (C=O) groups excluding carboxylic acids is 2. The lowest BCUT2D eigenvalue weighted by molar-refractivity contribution is -0.141. The van der Waals surface area contributed by atoms with Crippen LogP contribution in [0.1, 0.15) is 37.7 Å². The molecule has 1 unspecified atom stereocenters. The van der Waals surface area contributed by atoms with Crippen LogP contribution in [-0.2, 0) is 9.59 Å². The van der Waals surface area contributed by atoms with E-state index in [0.29, 0.717) is 5.02 Å². The minimum Gasteiger partial charge on any atom is -0.373 e. The Morgan fingerprint density at radius 2 is 1.95 bits per heavy atom. The van der Waals surface area contributed by atoms with E-state index in [4.69, 9.17) is 11.6 Å². The largest absolute Gasteiger partial charge is 0.373 e. The summed E-state index contributed by atoms with van der Waals surface area (Å²) in [5.74, 6) is -0.147. The molecule has 21 heavy (non-hydrogen) atoms. The zero-order valence-corrected chi connectivity index (χ0v) is 12.8. The molecule has 1 aromatic carbocycles. The van der Waals surface area contributed by atoms with E-state index in [1.165, 1.54) is 4.90 Å². The van der Waals surface area contributed by atoms with E-state index in [0.717, 1.165) is 36.9 Å². The van der Waals surface area contributed by atoms with E-state index in [1.807, 2.05) is 19.1 Å². The Hall–Kier alpha value is -1.55. The fourth-order valence-electron chi connectivity index (χ4n) is 3.19. The van der Waals surface area contributed by atoms with Gasteiger partial charge in [0.05, 0.1) is 6.42 Å². The number of halogens is 1. The van der Waals surface area contributed by atoms with Gasteiger partial charge >= 0.3 is 0 Å². The van der Waals surface area contributed by atoms with Gasteiger partial charge in [0.25, 0.3) is 5.91 Å². The Kier molecular flexibility index (Phi) is 3.89. The van der Waals surface area contributed by atoms with Crippen LogP contribution >= 0.6 is 11.6 Å². The molecular formula is C16H19ClN2O2. The molecule has 0 spiro atoms. The third kappa shape index (κ3) is 2.77. The normalized spacial score (nSPS) is 23.1. The highest BCUT2D eigenvalue weighted by molar-refractivity contribution is 6.31. The van der Waals surface area contributed by atoms with Crippen molar-refractivity contribution in [3.8, 4) is 0 Å². The lowest BCUT2D eigenvalue weighted by Gasteiger charge is -2.22. The molecule has 1 aromatic rings. The predicted molar refractivity (Wildman–Crippen MR) is 82.3 cm³/mol. The molecule has 4 nitrogen and oxygen atoms in total. The van der Waals surface area contributed by atoms with Crippen molar-refractivity contribution in [3.63, 3.8) is 0 Å².